The van der Waals surface area contributed by atoms with Crippen molar-refractivity contribution in [3.8, 4) is 0 Å². The highest BCUT2D eigenvalue weighted by Gasteiger charge is 2.39. The summed E-state index contributed by atoms with van der Waals surface area (Å²) < 4.78 is 7.82. The molecule has 7 nitrogen and oxygen atoms in total. The Labute approximate surface area is 167 Å². The summed E-state index contributed by atoms with van der Waals surface area (Å²) >= 11 is 0. The predicted octanol–water partition coefficient (Wildman–Crippen LogP) is 2.32. The van der Waals surface area contributed by atoms with E-state index in [1.807, 2.05) is 16.7 Å². The molecule has 0 unspecified atom stereocenters. The summed E-state index contributed by atoms with van der Waals surface area (Å²) in [6, 6.07) is 1.78. The van der Waals surface area contributed by atoms with Gasteiger partial charge in [-0.3, -0.25) is 14.3 Å². The fourth-order valence-corrected chi connectivity index (χ4v) is 4.96. The van der Waals surface area contributed by atoms with E-state index in [0.717, 1.165) is 51.8 Å². The van der Waals surface area contributed by atoms with Crippen LogP contribution in [0, 0.1) is 5.92 Å². The Kier molecular flexibility index (Phi) is 5.71. The molecule has 4 rings (SSSR count). The lowest BCUT2D eigenvalue weighted by Gasteiger charge is -2.45. The summed E-state index contributed by atoms with van der Waals surface area (Å²) in [5.41, 5.74) is 0.675. The number of carbonyl (C=O) groups excluding carboxylic acids is 2. The monoisotopic (exact) mass is 388 g/mol. The van der Waals surface area contributed by atoms with Gasteiger partial charge in [-0.1, -0.05) is 0 Å². The number of ether oxygens (including phenoxy) is 1. The molecule has 2 amide bonds. The van der Waals surface area contributed by atoms with E-state index in [0.29, 0.717) is 25.3 Å². The minimum absolute atomic E-state index is 0.0274. The van der Waals surface area contributed by atoms with Crippen LogP contribution in [-0.2, 0) is 16.1 Å². The molecule has 28 heavy (non-hydrogen) atoms. The smallest absolute Gasteiger partial charge is 0.272 e. The van der Waals surface area contributed by atoms with E-state index in [1.165, 1.54) is 12.8 Å². The molecule has 0 aromatic carbocycles. The first-order valence-corrected chi connectivity index (χ1v) is 10.9. The van der Waals surface area contributed by atoms with E-state index in [9.17, 15) is 9.59 Å². The quantitative estimate of drug-likeness (QED) is 0.797. The number of rotatable bonds is 3. The number of aryl methyl sites for hydroxylation is 1. The third-order valence-corrected chi connectivity index (χ3v) is 6.79. The number of piperidine rings is 2. The molecule has 1 aromatic heterocycles. The van der Waals surface area contributed by atoms with Crippen molar-refractivity contribution in [1.82, 2.24) is 19.6 Å². The highest BCUT2D eigenvalue weighted by molar-refractivity contribution is 5.92. The lowest BCUT2D eigenvalue weighted by atomic mass is 9.84. The highest BCUT2D eigenvalue weighted by atomic mass is 16.5. The van der Waals surface area contributed by atoms with Crippen LogP contribution in [0.25, 0.3) is 0 Å². The minimum atomic E-state index is 0.0274. The van der Waals surface area contributed by atoms with Crippen LogP contribution in [0.4, 0.5) is 0 Å². The van der Waals surface area contributed by atoms with Gasteiger partial charge in [-0.25, -0.2) is 0 Å². The molecule has 0 radical (unpaired) electrons. The molecule has 3 aliphatic rings. The molecule has 0 saturated carbocycles. The maximum absolute atomic E-state index is 13.0. The average molecular weight is 389 g/mol. The van der Waals surface area contributed by atoms with E-state index in [-0.39, 0.29) is 23.3 Å². The largest absolute Gasteiger partial charge is 0.375 e. The zero-order chi connectivity index (χ0) is 19.6. The number of hydrogen-bond acceptors (Lipinski definition) is 4. The average Bonchev–Trinajstić information content (AvgIpc) is 3.23. The van der Waals surface area contributed by atoms with Crippen molar-refractivity contribution in [2.45, 2.75) is 64.0 Å². The summed E-state index contributed by atoms with van der Waals surface area (Å²) in [6.45, 7) is 6.45. The molecule has 7 heteroatoms. The van der Waals surface area contributed by atoms with Crippen LogP contribution in [-0.4, -0.2) is 69.8 Å². The second kappa shape index (κ2) is 8.23. The summed E-state index contributed by atoms with van der Waals surface area (Å²) in [5.74, 6) is 0.345. The van der Waals surface area contributed by atoms with E-state index in [2.05, 4.69) is 5.10 Å². The van der Waals surface area contributed by atoms with Gasteiger partial charge in [-0.05, 0) is 57.9 Å². The Morgan fingerprint density at radius 3 is 2.50 bits per heavy atom. The number of nitrogens with zero attached hydrogens (tertiary/aromatic N) is 4. The van der Waals surface area contributed by atoms with Crippen LogP contribution in [0.1, 0.15) is 62.4 Å². The number of amides is 2. The molecule has 154 valence electrons. The van der Waals surface area contributed by atoms with Crippen molar-refractivity contribution in [2.75, 3.05) is 32.8 Å². The lowest BCUT2D eigenvalue weighted by Crippen LogP contribution is -2.52. The van der Waals surface area contributed by atoms with Gasteiger partial charge in [0.25, 0.3) is 5.91 Å². The third-order valence-electron chi connectivity index (χ3n) is 6.79. The van der Waals surface area contributed by atoms with Gasteiger partial charge in [0.1, 0.15) is 5.69 Å². The Hall–Kier alpha value is -1.89. The molecular weight excluding hydrogens is 356 g/mol. The van der Waals surface area contributed by atoms with Crippen molar-refractivity contribution in [3.63, 3.8) is 0 Å². The number of aromatic nitrogens is 2. The Bertz CT molecular complexity index is 692. The molecule has 4 heterocycles. The van der Waals surface area contributed by atoms with Gasteiger partial charge >= 0.3 is 0 Å². The number of hydrogen-bond donors (Lipinski definition) is 0. The Balaban J connectivity index is 1.28. The molecule has 1 spiro atoms. The first-order chi connectivity index (χ1) is 13.6. The summed E-state index contributed by atoms with van der Waals surface area (Å²) in [6.07, 6.45) is 8.67. The van der Waals surface area contributed by atoms with E-state index < -0.39 is 0 Å². The fourth-order valence-electron chi connectivity index (χ4n) is 4.96. The molecule has 0 aliphatic carbocycles. The normalized spacial score (nSPS) is 23.2. The zero-order valence-electron chi connectivity index (χ0n) is 16.9. The zero-order valence-corrected chi connectivity index (χ0v) is 16.9. The second-order valence-electron chi connectivity index (χ2n) is 8.41. The SMILES string of the molecule is CCn1nccc1C(=O)N1CCC(C(=O)N2CCC3(CCCCO3)CC2)CC1. The molecule has 0 bridgehead atoms. The van der Waals surface area contributed by atoms with Gasteiger partial charge in [0, 0.05) is 51.4 Å². The third kappa shape index (κ3) is 3.81. The van der Waals surface area contributed by atoms with Gasteiger partial charge in [0.15, 0.2) is 0 Å². The van der Waals surface area contributed by atoms with E-state index >= 15 is 0 Å². The van der Waals surface area contributed by atoms with E-state index in [1.54, 1.807) is 16.9 Å². The van der Waals surface area contributed by atoms with Crippen molar-refractivity contribution in [2.24, 2.45) is 5.92 Å². The standard InChI is InChI=1S/C21H32N4O3/c1-2-25-18(5-11-22-25)20(27)23-12-6-17(7-13-23)19(26)24-14-9-21(10-15-24)8-3-4-16-28-21/h5,11,17H,2-4,6-10,12-16H2,1H3. The van der Waals surface area contributed by atoms with Crippen LogP contribution in [0.5, 0.6) is 0 Å². The minimum Gasteiger partial charge on any atom is -0.375 e. The fraction of sp³-hybridized carbons (Fsp3) is 0.762. The van der Waals surface area contributed by atoms with Crippen molar-refractivity contribution in [3.05, 3.63) is 18.0 Å². The van der Waals surface area contributed by atoms with Gasteiger partial charge in [-0.15, -0.1) is 0 Å². The Morgan fingerprint density at radius 1 is 1.11 bits per heavy atom. The van der Waals surface area contributed by atoms with Crippen LogP contribution in [0.15, 0.2) is 12.3 Å². The van der Waals surface area contributed by atoms with Gasteiger partial charge in [0.05, 0.1) is 5.60 Å². The first-order valence-electron chi connectivity index (χ1n) is 10.9. The highest BCUT2D eigenvalue weighted by Crippen LogP contribution is 2.35. The van der Waals surface area contributed by atoms with Gasteiger partial charge in [-0.2, -0.15) is 5.10 Å². The molecular formula is C21H32N4O3. The van der Waals surface area contributed by atoms with Gasteiger partial charge < -0.3 is 14.5 Å². The van der Waals surface area contributed by atoms with Crippen LogP contribution >= 0.6 is 0 Å². The molecule has 0 N–H and O–H groups in total. The maximum Gasteiger partial charge on any atom is 0.272 e. The predicted molar refractivity (Wildman–Crippen MR) is 105 cm³/mol. The summed E-state index contributed by atoms with van der Waals surface area (Å²) in [7, 11) is 0. The van der Waals surface area contributed by atoms with Crippen molar-refractivity contribution < 1.29 is 14.3 Å². The summed E-state index contributed by atoms with van der Waals surface area (Å²) in [5, 5.41) is 4.19. The first kappa shape index (κ1) is 19.4. The molecule has 3 saturated heterocycles. The van der Waals surface area contributed by atoms with E-state index in [4.69, 9.17) is 4.74 Å². The number of likely N-dealkylation sites (tertiary alicyclic amines) is 2. The topological polar surface area (TPSA) is 67.7 Å². The molecule has 3 aliphatic heterocycles. The second-order valence-corrected chi connectivity index (χ2v) is 8.41. The number of carbonyl (C=O) groups is 2. The van der Waals surface area contributed by atoms with Crippen molar-refractivity contribution >= 4 is 11.8 Å². The maximum atomic E-state index is 13.0. The Morgan fingerprint density at radius 2 is 1.86 bits per heavy atom. The lowest BCUT2D eigenvalue weighted by molar-refractivity contribution is -0.147. The molecule has 1 aromatic rings. The molecule has 0 atom stereocenters. The van der Waals surface area contributed by atoms with Crippen LogP contribution < -0.4 is 0 Å². The van der Waals surface area contributed by atoms with Crippen LogP contribution in [0.3, 0.4) is 0 Å². The summed E-state index contributed by atoms with van der Waals surface area (Å²) in [4.78, 5) is 29.7. The van der Waals surface area contributed by atoms with Gasteiger partial charge in [0.2, 0.25) is 5.91 Å². The molecule has 3 fully saturated rings. The van der Waals surface area contributed by atoms with Crippen molar-refractivity contribution in [1.29, 1.82) is 0 Å². The van der Waals surface area contributed by atoms with Crippen LogP contribution in [0.2, 0.25) is 0 Å².